The monoisotopic (exact) mass is 323 g/mol. The molecule has 0 bridgehead atoms. The molecule has 1 atom stereocenters. The van der Waals surface area contributed by atoms with Gasteiger partial charge in [0.2, 0.25) is 0 Å². The summed E-state index contributed by atoms with van der Waals surface area (Å²) in [6, 6.07) is 15.2. The van der Waals surface area contributed by atoms with E-state index >= 15 is 0 Å². The van der Waals surface area contributed by atoms with E-state index in [1.54, 1.807) is 0 Å². The molecule has 1 unspecified atom stereocenters. The molecule has 1 fully saturated rings. The van der Waals surface area contributed by atoms with Crippen molar-refractivity contribution in [1.82, 2.24) is 4.90 Å². The maximum atomic E-state index is 13.0. The second-order valence-electron chi connectivity index (χ2n) is 6.98. The molecule has 0 spiro atoms. The minimum absolute atomic E-state index is 0.193. The molecule has 0 amide bonds. The Bertz CT molecular complexity index is 685. The van der Waals surface area contributed by atoms with Gasteiger partial charge in [-0.15, -0.1) is 0 Å². The van der Waals surface area contributed by atoms with Crippen LogP contribution in [0.3, 0.4) is 0 Å². The highest BCUT2D eigenvalue weighted by atomic mass is 19.1. The van der Waals surface area contributed by atoms with E-state index in [-0.39, 0.29) is 5.82 Å². The fourth-order valence-electron chi connectivity index (χ4n) is 3.40. The second-order valence-corrected chi connectivity index (χ2v) is 6.98. The fourth-order valence-corrected chi connectivity index (χ4v) is 3.40. The Hall–Kier alpha value is -1.93. The molecule has 1 aliphatic rings. The van der Waals surface area contributed by atoms with E-state index < -0.39 is 0 Å². The number of hydrogen-bond donors (Lipinski definition) is 0. The number of rotatable bonds is 4. The van der Waals surface area contributed by atoms with Crippen molar-refractivity contribution in [2.75, 3.05) is 19.6 Å². The quantitative estimate of drug-likeness (QED) is 0.705. The maximum Gasteiger partial charge on any atom is 0.123 e. The molecule has 2 aromatic carbocycles. The molecule has 126 valence electrons. The number of benzene rings is 2. The molecular weight excluding hydrogens is 297 g/mol. The highest BCUT2D eigenvalue weighted by Crippen LogP contribution is 2.23. The van der Waals surface area contributed by atoms with Crippen LogP contribution in [0.25, 0.3) is 16.7 Å². The summed E-state index contributed by atoms with van der Waals surface area (Å²) in [7, 11) is 0. The summed E-state index contributed by atoms with van der Waals surface area (Å²) in [5, 5.41) is 0. The van der Waals surface area contributed by atoms with Crippen LogP contribution in [0.2, 0.25) is 0 Å². The summed E-state index contributed by atoms with van der Waals surface area (Å²) in [5.41, 5.74) is 4.74. The van der Waals surface area contributed by atoms with Gasteiger partial charge in [0.25, 0.3) is 0 Å². The minimum Gasteiger partial charge on any atom is -0.299 e. The van der Waals surface area contributed by atoms with Crippen molar-refractivity contribution in [2.24, 2.45) is 5.92 Å². The number of hydrogen-bond acceptors (Lipinski definition) is 1. The molecule has 2 aromatic rings. The average Bonchev–Trinajstić information content (AvgIpc) is 2.61. The van der Waals surface area contributed by atoms with Gasteiger partial charge >= 0.3 is 0 Å². The van der Waals surface area contributed by atoms with Gasteiger partial charge in [-0.2, -0.15) is 0 Å². The first-order valence-electron chi connectivity index (χ1n) is 8.87. The summed E-state index contributed by atoms with van der Waals surface area (Å²) in [6.45, 7) is 8.00. The van der Waals surface area contributed by atoms with Crippen molar-refractivity contribution in [3.8, 4) is 11.1 Å². The number of allylic oxidation sites excluding steroid dienone is 1. The first kappa shape index (κ1) is 16.9. The van der Waals surface area contributed by atoms with Crippen molar-refractivity contribution < 1.29 is 4.39 Å². The lowest BCUT2D eigenvalue weighted by molar-refractivity contribution is 0.201. The van der Waals surface area contributed by atoms with Crippen LogP contribution in [0.5, 0.6) is 0 Å². The van der Waals surface area contributed by atoms with Crippen molar-refractivity contribution >= 4 is 5.57 Å². The Labute approximate surface area is 144 Å². The van der Waals surface area contributed by atoms with Crippen LogP contribution < -0.4 is 0 Å². The van der Waals surface area contributed by atoms with Crippen molar-refractivity contribution in [3.05, 3.63) is 66.0 Å². The topological polar surface area (TPSA) is 3.24 Å². The molecule has 0 aromatic heterocycles. The summed E-state index contributed by atoms with van der Waals surface area (Å²) >= 11 is 0. The van der Waals surface area contributed by atoms with Crippen LogP contribution >= 0.6 is 0 Å². The van der Waals surface area contributed by atoms with Crippen LogP contribution in [0.1, 0.15) is 32.3 Å². The molecule has 1 nitrogen and oxygen atoms in total. The van der Waals surface area contributed by atoms with Gasteiger partial charge in [0.15, 0.2) is 0 Å². The van der Waals surface area contributed by atoms with Crippen molar-refractivity contribution in [3.63, 3.8) is 0 Å². The molecule has 0 N–H and O–H groups in total. The Morgan fingerprint density at radius 2 is 1.71 bits per heavy atom. The van der Waals surface area contributed by atoms with Gasteiger partial charge < -0.3 is 0 Å². The standard InChI is InChI=1S/C22H26FN/c1-17-4-3-14-24(16-17)15-13-18(2)19-5-7-20(8-6-19)21-9-11-22(23)12-10-21/h5-13,17H,3-4,14-16H2,1-2H3. The summed E-state index contributed by atoms with van der Waals surface area (Å²) in [6.07, 6.45) is 5.02. The predicted octanol–water partition coefficient (Wildman–Crippen LogP) is 5.63. The van der Waals surface area contributed by atoms with Gasteiger partial charge in [0.1, 0.15) is 5.82 Å². The Morgan fingerprint density at radius 1 is 1.08 bits per heavy atom. The molecule has 1 aliphatic heterocycles. The van der Waals surface area contributed by atoms with E-state index in [2.05, 4.69) is 49.1 Å². The van der Waals surface area contributed by atoms with Gasteiger partial charge in [-0.05, 0) is 66.6 Å². The molecule has 1 saturated heterocycles. The van der Waals surface area contributed by atoms with Gasteiger partial charge in [0.05, 0.1) is 0 Å². The van der Waals surface area contributed by atoms with Crippen LogP contribution in [-0.2, 0) is 0 Å². The van der Waals surface area contributed by atoms with Gasteiger partial charge in [-0.1, -0.05) is 49.4 Å². The van der Waals surface area contributed by atoms with Crippen LogP contribution in [0.4, 0.5) is 4.39 Å². The van der Waals surface area contributed by atoms with E-state index in [9.17, 15) is 4.39 Å². The van der Waals surface area contributed by atoms with Crippen molar-refractivity contribution in [2.45, 2.75) is 26.7 Å². The zero-order chi connectivity index (χ0) is 16.9. The second kappa shape index (κ2) is 7.76. The molecule has 1 heterocycles. The fraction of sp³-hybridized carbons (Fsp3) is 0.364. The lowest BCUT2D eigenvalue weighted by Crippen LogP contribution is -2.34. The van der Waals surface area contributed by atoms with E-state index in [1.807, 2.05) is 12.1 Å². The molecule has 3 rings (SSSR count). The van der Waals surface area contributed by atoms with Gasteiger partial charge in [-0.3, -0.25) is 4.90 Å². The molecular formula is C22H26FN. The third kappa shape index (κ3) is 4.33. The van der Waals surface area contributed by atoms with E-state index in [0.717, 1.165) is 23.6 Å². The SMILES string of the molecule is CC(=CCN1CCCC(C)C1)c1ccc(-c2ccc(F)cc2)cc1. The summed E-state index contributed by atoms with van der Waals surface area (Å²) in [5.74, 6) is 0.628. The van der Waals surface area contributed by atoms with Crippen LogP contribution in [0.15, 0.2) is 54.6 Å². The Kier molecular flexibility index (Phi) is 5.47. The normalized spacial score (nSPS) is 19.5. The maximum absolute atomic E-state index is 13.0. The Morgan fingerprint density at radius 3 is 2.33 bits per heavy atom. The predicted molar refractivity (Wildman–Crippen MR) is 100 cm³/mol. The molecule has 0 aliphatic carbocycles. The third-order valence-corrected chi connectivity index (χ3v) is 4.91. The highest BCUT2D eigenvalue weighted by molar-refractivity contribution is 5.69. The third-order valence-electron chi connectivity index (χ3n) is 4.91. The number of halogens is 1. The highest BCUT2D eigenvalue weighted by Gasteiger charge is 2.14. The van der Waals surface area contributed by atoms with Crippen molar-refractivity contribution in [1.29, 1.82) is 0 Å². The Balaban J connectivity index is 1.66. The van der Waals surface area contributed by atoms with Gasteiger partial charge in [0, 0.05) is 13.1 Å². The average molecular weight is 323 g/mol. The lowest BCUT2D eigenvalue weighted by atomic mass is 9.99. The first-order chi connectivity index (χ1) is 11.6. The number of piperidine rings is 1. The van der Waals surface area contributed by atoms with E-state index in [1.165, 1.54) is 49.2 Å². The van der Waals surface area contributed by atoms with E-state index in [0.29, 0.717) is 0 Å². The van der Waals surface area contributed by atoms with Gasteiger partial charge in [-0.25, -0.2) is 4.39 Å². The summed E-state index contributed by atoms with van der Waals surface area (Å²) in [4.78, 5) is 2.55. The number of likely N-dealkylation sites (tertiary alicyclic amines) is 1. The minimum atomic E-state index is -0.193. The van der Waals surface area contributed by atoms with E-state index in [4.69, 9.17) is 0 Å². The smallest absolute Gasteiger partial charge is 0.123 e. The van der Waals surface area contributed by atoms with Crippen LogP contribution in [0, 0.1) is 11.7 Å². The summed E-state index contributed by atoms with van der Waals surface area (Å²) < 4.78 is 13.0. The molecule has 2 heteroatoms. The largest absolute Gasteiger partial charge is 0.299 e. The molecule has 24 heavy (non-hydrogen) atoms. The first-order valence-corrected chi connectivity index (χ1v) is 8.87. The zero-order valence-corrected chi connectivity index (χ0v) is 14.6. The molecule has 0 saturated carbocycles. The zero-order valence-electron chi connectivity index (χ0n) is 14.6. The van der Waals surface area contributed by atoms with Crippen LogP contribution in [-0.4, -0.2) is 24.5 Å². The molecule has 0 radical (unpaired) electrons. The number of nitrogens with zero attached hydrogens (tertiary/aromatic N) is 1. The lowest BCUT2D eigenvalue weighted by Gasteiger charge is -2.30.